The van der Waals surface area contributed by atoms with Crippen LogP contribution in [0.15, 0.2) is 42.7 Å². The van der Waals surface area contributed by atoms with Crippen LogP contribution in [0.4, 0.5) is 18.9 Å². The van der Waals surface area contributed by atoms with Gasteiger partial charge in [0.2, 0.25) is 0 Å². The summed E-state index contributed by atoms with van der Waals surface area (Å²) >= 11 is 0. The third-order valence-electron chi connectivity index (χ3n) is 4.68. The number of carbonyl (C=O) groups is 2. The van der Waals surface area contributed by atoms with E-state index in [-0.39, 0.29) is 28.8 Å². The molecule has 0 bridgehead atoms. The van der Waals surface area contributed by atoms with Crippen molar-refractivity contribution >= 4 is 17.5 Å². The van der Waals surface area contributed by atoms with Gasteiger partial charge >= 0.3 is 6.18 Å². The summed E-state index contributed by atoms with van der Waals surface area (Å²) in [6.45, 7) is 0. The van der Waals surface area contributed by atoms with Gasteiger partial charge in [-0.05, 0) is 31.0 Å². The minimum absolute atomic E-state index is 0.00766. The van der Waals surface area contributed by atoms with E-state index in [9.17, 15) is 22.8 Å². The highest BCUT2D eigenvalue weighted by molar-refractivity contribution is 6.06. The van der Waals surface area contributed by atoms with E-state index in [0.717, 1.165) is 38.2 Å². The minimum atomic E-state index is -4.59. The van der Waals surface area contributed by atoms with Crippen LogP contribution in [-0.2, 0) is 6.18 Å². The number of halogens is 3. The Morgan fingerprint density at radius 1 is 0.964 bits per heavy atom. The van der Waals surface area contributed by atoms with E-state index in [1.165, 1.54) is 36.7 Å². The van der Waals surface area contributed by atoms with Gasteiger partial charge in [-0.2, -0.15) is 13.2 Å². The molecule has 148 valence electrons. The molecule has 0 atom stereocenters. The van der Waals surface area contributed by atoms with Gasteiger partial charge in [0.15, 0.2) is 0 Å². The first-order chi connectivity index (χ1) is 13.3. The number of hydrogen-bond acceptors (Lipinski definition) is 3. The molecule has 0 unspecified atom stereocenters. The van der Waals surface area contributed by atoms with E-state index in [2.05, 4.69) is 15.6 Å². The van der Waals surface area contributed by atoms with Gasteiger partial charge in [0.05, 0.1) is 22.4 Å². The molecule has 1 aromatic heterocycles. The number of benzene rings is 1. The number of nitrogens with zero attached hydrogens (tertiary/aromatic N) is 1. The molecule has 5 nitrogen and oxygen atoms in total. The average molecular weight is 391 g/mol. The van der Waals surface area contributed by atoms with Crippen molar-refractivity contribution in [2.75, 3.05) is 5.32 Å². The zero-order chi connectivity index (χ0) is 20.1. The number of para-hydroxylation sites is 1. The van der Waals surface area contributed by atoms with Crippen LogP contribution in [-0.4, -0.2) is 22.8 Å². The SMILES string of the molecule is O=C(Nc1ccccc1C(F)(F)F)c1cncc(C(=O)NC2CCCCC2)c1. The average Bonchev–Trinajstić information content (AvgIpc) is 2.68. The van der Waals surface area contributed by atoms with Crippen LogP contribution in [0.2, 0.25) is 0 Å². The number of anilines is 1. The van der Waals surface area contributed by atoms with E-state index in [0.29, 0.717) is 0 Å². The van der Waals surface area contributed by atoms with Crippen molar-refractivity contribution in [3.8, 4) is 0 Å². The van der Waals surface area contributed by atoms with Crippen LogP contribution >= 0.6 is 0 Å². The number of rotatable bonds is 4. The Morgan fingerprint density at radius 3 is 2.29 bits per heavy atom. The van der Waals surface area contributed by atoms with E-state index in [1.54, 1.807) is 0 Å². The van der Waals surface area contributed by atoms with Crippen LogP contribution in [0.5, 0.6) is 0 Å². The molecule has 3 rings (SSSR count). The normalized spacial score (nSPS) is 15.1. The van der Waals surface area contributed by atoms with Gasteiger partial charge in [-0.3, -0.25) is 14.6 Å². The van der Waals surface area contributed by atoms with Crippen molar-refractivity contribution in [2.45, 2.75) is 44.3 Å². The van der Waals surface area contributed by atoms with E-state index in [1.807, 2.05) is 0 Å². The second-order valence-corrected chi connectivity index (χ2v) is 6.77. The quantitative estimate of drug-likeness (QED) is 0.811. The molecule has 1 saturated carbocycles. The van der Waals surface area contributed by atoms with Gasteiger partial charge < -0.3 is 10.6 Å². The van der Waals surface area contributed by atoms with Crippen molar-refractivity contribution in [3.63, 3.8) is 0 Å². The highest BCUT2D eigenvalue weighted by Crippen LogP contribution is 2.34. The number of hydrogen-bond donors (Lipinski definition) is 2. The zero-order valence-corrected chi connectivity index (χ0v) is 15.1. The van der Waals surface area contributed by atoms with Gasteiger partial charge in [-0.1, -0.05) is 31.4 Å². The Kier molecular flexibility index (Phi) is 5.96. The molecule has 2 amide bonds. The fourth-order valence-electron chi connectivity index (χ4n) is 3.24. The maximum absolute atomic E-state index is 13.1. The summed E-state index contributed by atoms with van der Waals surface area (Å²) in [4.78, 5) is 28.7. The Hall–Kier alpha value is -2.90. The Bertz CT molecular complexity index is 862. The summed E-state index contributed by atoms with van der Waals surface area (Å²) in [5.41, 5.74) is -1.09. The van der Waals surface area contributed by atoms with Crippen LogP contribution < -0.4 is 10.6 Å². The molecule has 1 aromatic carbocycles. The Morgan fingerprint density at radius 2 is 1.61 bits per heavy atom. The van der Waals surface area contributed by atoms with Gasteiger partial charge in [-0.25, -0.2) is 0 Å². The number of amides is 2. The second kappa shape index (κ2) is 8.41. The van der Waals surface area contributed by atoms with E-state index >= 15 is 0 Å². The monoisotopic (exact) mass is 391 g/mol. The van der Waals surface area contributed by atoms with E-state index in [4.69, 9.17) is 0 Å². The largest absolute Gasteiger partial charge is 0.418 e. The molecule has 28 heavy (non-hydrogen) atoms. The van der Waals surface area contributed by atoms with Gasteiger partial charge in [0.25, 0.3) is 11.8 Å². The molecule has 2 aromatic rings. The lowest BCUT2D eigenvalue weighted by molar-refractivity contribution is -0.136. The number of alkyl halides is 3. The molecule has 1 fully saturated rings. The standard InChI is InChI=1S/C20H20F3N3O2/c21-20(22,23)16-8-4-5-9-17(16)26-19(28)14-10-13(11-24-12-14)18(27)25-15-6-2-1-3-7-15/h4-5,8-12,15H,1-3,6-7H2,(H,25,27)(H,26,28). The summed E-state index contributed by atoms with van der Waals surface area (Å²) in [6.07, 6.45) is 3.05. The van der Waals surface area contributed by atoms with Gasteiger partial charge in [0.1, 0.15) is 0 Å². The summed E-state index contributed by atoms with van der Waals surface area (Å²) in [5, 5.41) is 5.17. The molecule has 0 spiro atoms. The lowest BCUT2D eigenvalue weighted by Gasteiger charge is -2.22. The Balaban J connectivity index is 1.73. The summed E-state index contributed by atoms with van der Waals surface area (Å²) in [7, 11) is 0. The van der Waals surface area contributed by atoms with Crippen LogP contribution in [0.3, 0.4) is 0 Å². The maximum Gasteiger partial charge on any atom is 0.418 e. The molecule has 0 radical (unpaired) electrons. The highest BCUT2D eigenvalue weighted by Gasteiger charge is 2.33. The molecule has 1 heterocycles. The van der Waals surface area contributed by atoms with Gasteiger partial charge in [0, 0.05) is 18.4 Å². The molecule has 2 N–H and O–H groups in total. The van der Waals surface area contributed by atoms with Crippen LogP contribution in [0, 0.1) is 0 Å². The van der Waals surface area contributed by atoms with Crippen molar-refractivity contribution < 1.29 is 22.8 Å². The summed E-state index contributed by atoms with van der Waals surface area (Å²) in [6, 6.07) is 6.14. The molecule has 0 saturated heterocycles. The maximum atomic E-state index is 13.1. The van der Waals surface area contributed by atoms with Crippen molar-refractivity contribution in [1.29, 1.82) is 0 Å². The van der Waals surface area contributed by atoms with Crippen molar-refractivity contribution in [3.05, 3.63) is 59.4 Å². The number of pyridine rings is 1. The molecular weight excluding hydrogens is 371 g/mol. The molecule has 1 aliphatic rings. The predicted molar refractivity (Wildman–Crippen MR) is 98.0 cm³/mol. The summed E-state index contributed by atoms with van der Waals surface area (Å²) in [5.74, 6) is -1.11. The molecule has 0 aliphatic heterocycles. The third-order valence-corrected chi connectivity index (χ3v) is 4.68. The number of aromatic nitrogens is 1. The zero-order valence-electron chi connectivity index (χ0n) is 15.1. The van der Waals surface area contributed by atoms with Crippen LogP contribution in [0.25, 0.3) is 0 Å². The van der Waals surface area contributed by atoms with Crippen molar-refractivity contribution in [1.82, 2.24) is 10.3 Å². The minimum Gasteiger partial charge on any atom is -0.349 e. The smallest absolute Gasteiger partial charge is 0.349 e. The first kappa shape index (κ1) is 19.9. The molecular formula is C20H20F3N3O2. The Labute approximate surface area is 160 Å². The van der Waals surface area contributed by atoms with Gasteiger partial charge in [-0.15, -0.1) is 0 Å². The lowest BCUT2D eigenvalue weighted by atomic mass is 9.95. The lowest BCUT2D eigenvalue weighted by Crippen LogP contribution is -2.36. The first-order valence-electron chi connectivity index (χ1n) is 9.08. The topological polar surface area (TPSA) is 71.1 Å². The van der Waals surface area contributed by atoms with Crippen molar-refractivity contribution in [2.24, 2.45) is 0 Å². The fourth-order valence-corrected chi connectivity index (χ4v) is 3.24. The van der Waals surface area contributed by atoms with Crippen LogP contribution in [0.1, 0.15) is 58.4 Å². The fraction of sp³-hybridized carbons (Fsp3) is 0.350. The predicted octanol–water partition coefficient (Wildman–Crippen LogP) is 4.42. The summed E-state index contributed by atoms with van der Waals surface area (Å²) < 4.78 is 39.2. The molecule has 1 aliphatic carbocycles. The molecule has 8 heteroatoms. The first-order valence-corrected chi connectivity index (χ1v) is 9.08. The number of nitrogens with one attached hydrogen (secondary N) is 2. The third kappa shape index (κ3) is 4.88. The second-order valence-electron chi connectivity index (χ2n) is 6.77. The number of carbonyl (C=O) groups excluding carboxylic acids is 2. The highest BCUT2D eigenvalue weighted by atomic mass is 19.4. The van der Waals surface area contributed by atoms with E-state index < -0.39 is 17.6 Å².